The lowest BCUT2D eigenvalue weighted by atomic mass is 10.1. The molecule has 0 unspecified atom stereocenters. The summed E-state index contributed by atoms with van der Waals surface area (Å²) < 4.78 is 55.7. The molecule has 20 heavy (non-hydrogen) atoms. The van der Waals surface area contributed by atoms with Crippen molar-refractivity contribution in [2.24, 2.45) is 0 Å². The molecule has 0 aliphatic rings. The molecule has 0 aliphatic heterocycles. The third kappa shape index (κ3) is 2.96. The fourth-order valence-corrected chi connectivity index (χ4v) is 2.92. The highest BCUT2D eigenvalue weighted by Crippen LogP contribution is 2.24. The van der Waals surface area contributed by atoms with Gasteiger partial charge in [0, 0.05) is 0 Å². The van der Waals surface area contributed by atoms with Crippen molar-refractivity contribution in [1.82, 2.24) is 0 Å². The molecule has 2 aromatic rings. The molecule has 0 fully saturated rings. The highest BCUT2D eigenvalue weighted by molar-refractivity contribution is 7.87. The molecule has 0 aromatic heterocycles. The standard InChI is InChI=1S/C14H12F2O3S/c1-9-6-10(2)8-11(7-9)19-20(17,18)14-12(15)4-3-5-13(14)16/h3-8H,1-2H3. The van der Waals surface area contributed by atoms with Crippen LogP contribution < -0.4 is 4.18 Å². The molecule has 0 saturated carbocycles. The molecule has 0 amide bonds. The summed E-state index contributed by atoms with van der Waals surface area (Å²) in [5.41, 5.74) is 1.56. The van der Waals surface area contributed by atoms with E-state index in [0.717, 1.165) is 29.3 Å². The van der Waals surface area contributed by atoms with Crippen molar-refractivity contribution >= 4 is 10.1 Å². The molecule has 2 rings (SSSR count). The number of hydrogen-bond donors (Lipinski definition) is 0. The maximum Gasteiger partial charge on any atom is 0.345 e. The maximum absolute atomic E-state index is 13.5. The van der Waals surface area contributed by atoms with Crippen LogP contribution in [0.3, 0.4) is 0 Å². The van der Waals surface area contributed by atoms with Gasteiger partial charge >= 0.3 is 10.1 Å². The highest BCUT2D eigenvalue weighted by atomic mass is 32.2. The van der Waals surface area contributed by atoms with Gasteiger partial charge in [-0.1, -0.05) is 12.1 Å². The van der Waals surface area contributed by atoms with E-state index in [4.69, 9.17) is 4.18 Å². The van der Waals surface area contributed by atoms with Gasteiger partial charge in [-0.25, -0.2) is 8.78 Å². The van der Waals surface area contributed by atoms with Crippen LogP contribution in [0.15, 0.2) is 41.3 Å². The molecule has 0 radical (unpaired) electrons. The van der Waals surface area contributed by atoms with Crippen molar-refractivity contribution in [1.29, 1.82) is 0 Å². The first kappa shape index (κ1) is 14.5. The summed E-state index contributed by atoms with van der Waals surface area (Å²) in [5, 5.41) is 0. The van der Waals surface area contributed by atoms with E-state index in [2.05, 4.69) is 0 Å². The summed E-state index contributed by atoms with van der Waals surface area (Å²) >= 11 is 0. The molecule has 106 valence electrons. The molecule has 0 N–H and O–H groups in total. The maximum atomic E-state index is 13.5. The summed E-state index contributed by atoms with van der Waals surface area (Å²) in [6.07, 6.45) is 0. The summed E-state index contributed by atoms with van der Waals surface area (Å²) in [4.78, 5) is -1.08. The minimum atomic E-state index is -4.56. The van der Waals surface area contributed by atoms with Crippen molar-refractivity contribution in [3.63, 3.8) is 0 Å². The van der Waals surface area contributed by atoms with Crippen LogP contribution in [-0.2, 0) is 10.1 Å². The predicted octanol–water partition coefficient (Wildman–Crippen LogP) is 3.35. The van der Waals surface area contributed by atoms with Crippen molar-refractivity contribution in [2.75, 3.05) is 0 Å². The molecule has 0 spiro atoms. The zero-order chi connectivity index (χ0) is 14.9. The molecular formula is C14H12F2O3S. The lowest BCUT2D eigenvalue weighted by Crippen LogP contribution is -2.14. The summed E-state index contributed by atoms with van der Waals surface area (Å²) in [7, 11) is -4.56. The molecule has 2 aromatic carbocycles. The van der Waals surface area contributed by atoms with Crippen LogP contribution >= 0.6 is 0 Å². The fourth-order valence-electron chi connectivity index (χ4n) is 1.87. The first-order chi connectivity index (χ1) is 9.29. The van der Waals surface area contributed by atoms with Crippen LogP contribution in [0, 0.1) is 25.5 Å². The summed E-state index contributed by atoms with van der Waals surface area (Å²) in [5.74, 6) is -2.35. The summed E-state index contributed by atoms with van der Waals surface area (Å²) in [6, 6.07) is 7.58. The van der Waals surface area contributed by atoms with Gasteiger partial charge in [-0.05, 0) is 49.2 Å². The molecule has 0 atom stereocenters. The van der Waals surface area contributed by atoms with E-state index in [0.29, 0.717) is 0 Å². The van der Waals surface area contributed by atoms with Gasteiger partial charge in [-0.2, -0.15) is 8.42 Å². The molecule has 6 heteroatoms. The quantitative estimate of drug-likeness (QED) is 0.816. The zero-order valence-corrected chi connectivity index (χ0v) is 11.7. The zero-order valence-electron chi connectivity index (χ0n) is 10.9. The Kier molecular flexibility index (Phi) is 3.76. The molecule has 0 bridgehead atoms. The largest absolute Gasteiger partial charge is 0.379 e. The van der Waals surface area contributed by atoms with Gasteiger partial charge in [0.2, 0.25) is 0 Å². The van der Waals surface area contributed by atoms with Gasteiger partial charge in [0.05, 0.1) is 0 Å². The number of hydrogen-bond acceptors (Lipinski definition) is 3. The van der Waals surface area contributed by atoms with Gasteiger partial charge < -0.3 is 4.18 Å². The molecule has 0 aliphatic carbocycles. The Morgan fingerprint density at radius 3 is 1.95 bits per heavy atom. The van der Waals surface area contributed by atoms with Gasteiger partial charge in [0.25, 0.3) is 0 Å². The van der Waals surface area contributed by atoms with Gasteiger partial charge in [0.15, 0.2) is 4.90 Å². The minimum Gasteiger partial charge on any atom is -0.379 e. The van der Waals surface area contributed by atoms with Crippen molar-refractivity contribution in [2.45, 2.75) is 18.7 Å². The van der Waals surface area contributed by atoms with Crippen LogP contribution in [0.4, 0.5) is 8.78 Å². The first-order valence-corrected chi connectivity index (χ1v) is 7.17. The Balaban J connectivity index is 2.46. The van der Waals surface area contributed by atoms with Gasteiger partial charge in [0.1, 0.15) is 17.4 Å². The first-order valence-electron chi connectivity index (χ1n) is 5.76. The SMILES string of the molecule is Cc1cc(C)cc(OS(=O)(=O)c2c(F)cccc2F)c1. The van der Waals surface area contributed by atoms with E-state index < -0.39 is 26.6 Å². The van der Waals surface area contributed by atoms with E-state index >= 15 is 0 Å². The highest BCUT2D eigenvalue weighted by Gasteiger charge is 2.26. The normalized spacial score (nSPS) is 11.4. The number of benzene rings is 2. The average molecular weight is 298 g/mol. The average Bonchev–Trinajstić information content (AvgIpc) is 2.25. The number of rotatable bonds is 3. The Labute approximate surface area is 115 Å². The van der Waals surface area contributed by atoms with Crippen molar-refractivity contribution in [3.8, 4) is 5.75 Å². The third-order valence-electron chi connectivity index (χ3n) is 2.57. The van der Waals surface area contributed by atoms with Gasteiger partial charge in [-0.15, -0.1) is 0 Å². The van der Waals surface area contributed by atoms with E-state index in [-0.39, 0.29) is 5.75 Å². The molecule has 0 heterocycles. The van der Waals surface area contributed by atoms with Crippen LogP contribution in [0.5, 0.6) is 5.75 Å². The van der Waals surface area contributed by atoms with Crippen LogP contribution in [0.1, 0.15) is 11.1 Å². The predicted molar refractivity (Wildman–Crippen MR) is 70.1 cm³/mol. The van der Waals surface area contributed by atoms with Crippen LogP contribution in [0.2, 0.25) is 0 Å². The lowest BCUT2D eigenvalue weighted by molar-refractivity contribution is 0.459. The third-order valence-corrected chi connectivity index (χ3v) is 3.87. The smallest absolute Gasteiger partial charge is 0.345 e. The van der Waals surface area contributed by atoms with E-state index in [1.165, 1.54) is 12.1 Å². The van der Waals surface area contributed by atoms with Crippen LogP contribution in [-0.4, -0.2) is 8.42 Å². The van der Waals surface area contributed by atoms with Crippen molar-refractivity contribution in [3.05, 3.63) is 59.2 Å². The number of halogens is 2. The Morgan fingerprint density at radius 2 is 1.45 bits per heavy atom. The molecular weight excluding hydrogens is 286 g/mol. The second-order valence-corrected chi connectivity index (χ2v) is 5.89. The molecule has 3 nitrogen and oxygen atoms in total. The minimum absolute atomic E-state index is 0.0187. The van der Waals surface area contributed by atoms with E-state index in [1.54, 1.807) is 13.8 Å². The molecule has 0 saturated heterocycles. The monoisotopic (exact) mass is 298 g/mol. The topological polar surface area (TPSA) is 43.4 Å². The second kappa shape index (κ2) is 5.20. The van der Waals surface area contributed by atoms with Gasteiger partial charge in [-0.3, -0.25) is 0 Å². The second-order valence-electron chi connectivity index (χ2n) is 4.41. The Morgan fingerprint density at radius 1 is 0.950 bits per heavy atom. The Bertz CT molecular complexity index is 715. The summed E-state index contributed by atoms with van der Waals surface area (Å²) in [6.45, 7) is 3.52. The van der Waals surface area contributed by atoms with Crippen LogP contribution in [0.25, 0.3) is 0 Å². The van der Waals surface area contributed by atoms with E-state index in [9.17, 15) is 17.2 Å². The fraction of sp³-hybridized carbons (Fsp3) is 0.143. The van der Waals surface area contributed by atoms with E-state index in [1.807, 2.05) is 6.07 Å². The lowest BCUT2D eigenvalue weighted by Gasteiger charge is -2.09. The Hall–Kier alpha value is -1.95. The van der Waals surface area contributed by atoms with Crippen molar-refractivity contribution < 1.29 is 21.4 Å². The number of aryl methyl sites for hydroxylation is 2.